The molecule has 1 aliphatic rings. The average Bonchev–Trinajstić information content (AvgIpc) is 2.86. The Hall–Kier alpha value is -1.72. The Balaban J connectivity index is 1.54. The van der Waals surface area contributed by atoms with E-state index in [4.69, 9.17) is 9.15 Å². The molecule has 3 atom stereocenters. The highest BCUT2D eigenvalue weighted by Gasteiger charge is 2.71. The van der Waals surface area contributed by atoms with Crippen LogP contribution >= 0.6 is 0 Å². The summed E-state index contributed by atoms with van der Waals surface area (Å²) in [5, 5.41) is 9.94. The molecule has 0 amide bonds. The number of rotatable bonds is 6. The van der Waals surface area contributed by atoms with Crippen LogP contribution in [-0.4, -0.2) is 17.6 Å². The minimum atomic E-state index is -2.91. The van der Waals surface area contributed by atoms with Gasteiger partial charge in [0.2, 0.25) is 0 Å². The first kappa shape index (κ1) is 14.2. The Labute approximate surface area is 121 Å². The Kier molecular flexibility index (Phi) is 3.78. The molecule has 1 aromatic carbocycles. The molecule has 1 fully saturated rings. The number of alkyl halides is 2. The number of benzene rings is 1. The smallest absolute Gasteiger partial charge is 0.259 e. The van der Waals surface area contributed by atoms with E-state index in [1.807, 2.05) is 30.3 Å². The Morgan fingerprint density at radius 2 is 1.95 bits per heavy atom. The third-order valence-corrected chi connectivity index (χ3v) is 3.85. The molecule has 5 heteroatoms. The highest BCUT2D eigenvalue weighted by atomic mass is 19.3. The molecule has 0 spiro atoms. The summed E-state index contributed by atoms with van der Waals surface area (Å²) in [7, 11) is 0. The molecular weight excluding hydrogens is 278 g/mol. The van der Waals surface area contributed by atoms with Crippen molar-refractivity contribution < 1.29 is 23.0 Å². The third kappa shape index (κ3) is 2.84. The molecule has 1 aromatic heterocycles. The first-order valence-electron chi connectivity index (χ1n) is 6.81. The monoisotopic (exact) mass is 294 g/mol. The highest BCUT2D eigenvalue weighted by molar-refractivity contribution is 5.16. The van der Waals surface area contributed by atoms with E-state index in [1.165, 1.54) is 12.3 Å². The predicted molar refractivity (Wildman–Crippen MR) is 71.7 cm³/mol. The molecule has 1 saturated carbocycles. The van der Waals surface area contributed by atoms with Crippen LogP contribution in [0.2, 0.25) is 0 Å². The summed E-state index contributed by atoms with van der Waals surface area (Å²) in [5.41, 5.74) is 0.935. The summed E-state index contributed by atoms with van der Waals surface area (Å²) in [6.45, 7) is 0.210. The molecule has 3 rings (SSSR count). The van der Waals surface area contributed by atoms with Crippen LogP contribution in [0.1, 0.15) is 17.4 Å². The van der Waals surface area contributed by atoms with E-state index in [-0.39, 0.29) is 19.0 Å². The zero-order chi connectivity index (χ0) is 14.9. The van der Waals surface area contributed by atoms with Gasteiger partial charge in [-0.05, 0) is 17.7 Å². The quantitative estimate of drug-likeness (QED) is 0.887. The van der Waals surface area contributed by atoms with Crippen LogP contribution in [0, 0.1) is 11.8 Å². The van der Waals surface area contributed by atoms with Gasteiger partial charge in [-0.1, -0.05) is 30.3 Å². The van der Waals surface area contributed by atoms with Crippen molar-refractivity contribution in [3.8, 4) is 0 Å². The van der Waals surface area contributed by atoms with Gasteiger partial charge in [0.25, 0.3) is 5.92 Å². The number of hydrogen-bond acceptors (Lipinski definition) is 3. The van der Waals surface area contributed by atoms with Crippen LogP contribution in [0.3, 0.4) is 0 Å². The molecule has 0 radical (unpaired) electrons. The maximum absolute atomic E-state index is 13.7. The highest BCUT2D eigenvalue weighted by Crippen LogP contribution is 2.60. The van der Waals surface area contributed by atoms with Gasteiger partial charge < -0.3 is 14.3 Å². The lowest BCUT2D eigenvalue weighted by atomic mass is 10.1. The number of ether oxygens (including phenoxy) is 1. The van der Waals surface area contributed by atoms with Gasteiger partial charge in [0.05, 0.1) is 31.3 Å². The van der Waals surface area contributed by atoms with Gasteiger partial charge in [0.15, 0.2) is 0 Å². The topological polar surface area (TPSA) is 42.6 Å². The Morgan fingerprint density at radius 3 is 2.62 bits per heavy atom. The first-order chi connectivity index (χ1) is 10.1. The average molecular weight is 294 g/mol. The van der Waals surface area contributed by atoms with Crippen LogP contribution in [-0.2, 0) is 11.3 Å². The molecule has 1 unspecified atom stereocenters. The number of aliphatic hydroxyl groups is 1. The van der Waals surface area contributed by atoms with E-state index in [2.05, 4.69) is 0 Å². The summed E-state index contributed by atoms with van der Waals surface area (Å²) in [6, 6.07) is 12.4. The lowest BCUT2D eigenvalue weighted by Gasteiger charge is -2.06. The number of halogens is 2. The van der Waals surface area contributed by atoms with Gasteiger partial charge in [-0.25, -0.2) is 8.78 Å². The van der Waals surface area contributed by atoms with Crippen molar-refractivity contribution in [3.63, 3.8) is 0 Å². The van der Waals surface area contributed by atoms with Crippen LogP contribution in [0.15, 0.2) is 53.1 Å². The summed E-state index contributed by atoms with van der Waals surface area (Å²) >= 11 is 0. The Bertz CT molecular complexity index is 568. The van der Waals surface area contributed by atoms with Gasteiger partial charge >= 0.3 is 0 Å². The molecule has 3 nitrogen and oxygen atoms in total. The fourth-order valence-electron chi connectivity index (χ4n) is 2.58. The van der Waals surface area contributed by atoms with E-state index in [9.17, 15) is 13.9 Å². The SMILES string of the molecule is OC(c1ccco1)[C@@H]1[C@@H](COCc2ccccc2)C1(F)F. The van der Waals surface area contributed by atoms with Crippen LogP contribution in [0.4, 0.5) is 8.78 Å². The summed E-state index contributed by atoms with van der Waals surface area (Å²) in [4.78, 5) is 0. The van der Waals surface area contributed by atoms with Crippen molar-refractivity contribution in [2.24, 2.45) is 11.8 Å². The normalized spacial score (nSPS) is 24.7. The molecule has 0 saturated heterocycles. The van der Waals surface area contributed by atoms with Gasteiger partial charge in [-0.2, -0.15) is 0 Å². The van der Waals surface area contributed by atoms with Gasteiger partial charge in [0.1, 0.15) is 11.9 Å². The number of hydrogen-bond donors (Lipinski definition) is 1. The van der Waals surface area contributed by atoms with Gasteiger partial charge in [-0.15, -0.1) is 0 Å². The van der Waals surface area contributed by atoms with Crippen molar-refractivity contribution in [2.75, 3.05) is 6.61 Å². The van der Waals surface area contributed by atoms with Gasteiger partial charge in [-0.3, -0.25) is 0 Å². The molecule has 1 heterocycles. The first-order valence-corrected chi connectivity index (χ1v) is 6.81. The minimum absolute atomic E-state index is 0.0790. The van der Waals surface area contributed by atoms with Crippen molar-refractivity contribution >= 4 is 0 Å². The van der Waals surface area contributed by atoms with Gasteiger partial charge in [0, 0.05) is 0 Å². The van der Waals surface area contributed by atoms with Crippen LogP contribution < -0.4 is 0 Å². The predicted octanol–water partition coefficient (Wildman–Crippen LogP) is 3.41. The van der Waals surface area contributed by atoms with E-state index < -0.39 is 23.9 Å². The molecule has 1 N–H and O–H groups in total. The lowest BCUT2D eigenvalue weighted by Crippen LogP contribution is -2.05. The lowest BCUT2D eigenvalue weighted by molar-refractivity contribution is 0.0292. The minimum Gasteiger partial charge on any atom is -0.467 e. The van der Waals surface area contributed by atoms with Crippen LogP contribution in [0.5, 0.6) is 0 Å². The zero-order valence-electron chi connectivity index (χ0n) is 11.3. The molecular formula is C16H16F2O3. The maximum atomic E-state index is 13.7. The second-order valence-corrected chi connectivity index (χ2v) is 5.27. The fourth-order valence-corrected chi connectivity index (χ4v) is 2.58. The second kappa shape index (κ2) is 5.58. The molecule has 0 aliphatic heterocycles. The second-order valence-electron chi connectivity index (χ2n) is 5.27. The largest absolute Gasteiger partial charge is 0.467 e. The van der Waals surface area contributed by atoms with Crippen molar-refractivity contribution in [1.29, 1.82) is 0 Å². The maximum Gasteiger partial charge on any atom is 0.259 e. The van der Waals surface area contributed by atoms with E-state index in [0.29, 0.717) is 0 Å². The number of furan rings is 1. The summed E-state index contributed by atoms with van der Waals surface area (Å²) in [6.07, 6.45) is 0.0697. The zero-order valence-corrected chi connectivity index (χ0v) is 11.3. The molecule has 112 valence electrons. The van der Waals surface area contributed by atoms with E-state index in [0.717, 1.165) is 5.56 Å². The number of aliphatic hydroxyl groups excluding tert-OH is 1. The Morgan fingerprint density at radius 1 is 1.19 bits per heavy atom. The summed E-state index contributed by atoms with van der Waals surface area (Å²) in [5.74, 6) is -4.85. The fraction of sp³-hybridized carbons (Fsp3) is 0.375. The van der Waals surface area contributed by atoms with Crippen LogP contribution in [0.25, 0.3) is 0 Å². The van der Waals surface area contributed by atoms with Crippen molar-refractivity contribution in [2.45, 2.75) is 18.6 Å². The molecule has 2 aromatic rings. The van der Waals surface area contributed by atoms with E-state index in [1.54, 1.807) is 6.07 Å². The van der Waals surface area contributed by atoms with E-state index >= 15 is 0 Å². The van der Waals surface area contributed by atoms with Crippen molar-refractivity contribution in [3.05, 3.63) is 60.1 Å². The van der Waals surface area contributed by atoms with Crippen molar-refractivity contribution in [1.82, 2.24) is 0 Å². The standard InChI is InChI=1S/C16H16F2O3/c17-16(18)12(10-20-9-11-5-2-1-3-6-11)14(16)15(19)13-7-4-8-21-13/h1-8,12,14-15,19H,9-10H2/t12-,14+,15?/m1/s1. The summed E-state index contributed by atoms with van der Waals surface area (Å²) < 4.78 is 37.8. The molecule has 0 bridgehead atoms. The third-order valence-electron chi connectivity index (χ3n) is 3.85. The molecule has 1 aliphatic carbocycles. The molecule has 21 heavy (non-hydrogen) atoms.